The van der Waals surface area contributed by atoms with E-state index in [2.05, 4.69) is 10.3 Å². The van der Waals surface area contributed by atoms with Crippen molar-refractivity contribution < 1.29 is 14.5 Å². The molecule has 1 saturated carbocycles. The number of aromatic nitrogens is 1. The second-order valence-electron chi connectivity index (χ2n) is 6.76. The van der Waals surface area contributed by atoms with Gasteiger partial charge in [-0.3, -0.25) is 14.9 Å². The lowest BCUT2D eigenvalue weighted by atomic mass is 9.92. The molecule has 1 N–H and O–H groups in total. The number of hydrogen-bond acceptors (Lipinski definition) is 6. The molecule has 1 aliphatic carbocycles. The van der Waals surface area contributed by atoms with E-state index in [4.69, 9.17) is 10.00 Å². The molecule has 0 spiro atoms. The molecular formula is C20H20N4O4. The molecule has 0 bridgehead atoms. The van der Waals surface area contributed by atoms with Crippen LogP contribution in [0.5, 0.6) is 5.88 Å². The van der Waals surface area contributed by atoms with E-state index < -0.39 is 4.92 Å². The number of ether oxygens (including phenoxy) is 1. The van der Waals surface area contributed by atoms with Crippen LogP contribution in [-0.2, 0) is 11.2 Å². The number of nitriles is 1. The quantitative estimate of drug-likeness (QED) is 0.608. The lowest BCUT2D eigenvalue weighted by Gasteiger charge is -2.29. The second kappa shape index (κ2) is 8.95. The summed E-state index contributed by atoms with van der Waals surface area (Å²) in [5.74, 6) is 0.414. The monoisotopic (exact) mass is 380 g/mol. The number of hydrogen-bond donors (Lipinski definition) is 1. The van der Waals surface area contributed by atoms with Crippen LogP contribution in [0, 0.1) is 21.4 Å². The number of benzene rings is 1. The average Bonchev–Trinajstić information content (AvgIpc) is 2.70. The third-order valence-corrected chi connectivity index (χ3v) is 4.70. The molecular weight excluding hydrogens is 360 g/mol. The first-order valence-corrected chi connectivity index (χ1v) is 9.09. The lowest BCUT2D eigenvalue weighted by Crippen LogP contribution is -2.40. The summed E-state index contributed by atoms with van der Waals surface area (Å²) < 4.78 is 5.85. The van der Waals surface area contributed by atoms with Crippen molar-refractivity contribution in [3.8, 4) is 11.9 Å². The van der Waals surface area contributed by atoms with Gasteiger partial charge in [-0.05, 0) is 37.3 Å². The van der Waals surface area contributed by atoms with Crippen molar-refractivity contribution in [3.05, 3.63) is 63.8 Å². The Morgan fingerprint density at radius 1 is 1.21 bits per heavy atom. The minimum absolute atomic E-state index is 0.0132. The van der Waals surface area contributed by atoms with E-state index in [-0.39, 0.29) is 30.2 Å². The van der Waals surface area contributed by atoms with E-state index >= 15 is 0 Å². The summed E-state index contributed by atoms with van der Waals surface area (Å²) in [7, 11) is 0. The van der Waals surface area contributed by atoms with Gasteiger partial charge in [-0.25, -0.2) is 4.98 Å². The fourth-order valence-corrected chi connectivity index (χ4v) is 3.21. The molecule has 0 atom stereocenters. The molecule has 1 fully saturated rings. The highest BCUT2D eigenvalue weighted by Crippen LogP contribution is 2.23. The van der Waals surface area contributed by atoms with E-state index in [1.165, 1.54) is 18.3 Å². The number of rotatable bonds is 6. The largest absolute Gasteiger partial charge is 0.474 e. The van der Waals surface area contributed by atoms with Crippen LogP contribution in [0.4, 0.5) is 5.69 Å². The first-order chi connectivity index (χ1) is 13.5. The van der Waals surface area contributed by atoms with E-state index in [9.17, 15) is 14.9 Å². The molecule has 3 rings (SSSR count). The molecule has 1 aliphatic rings. The Kier molecular flexibility index (Phi) is 6.17. The van der Waals surface area contributed by atoms with Crippen LogP contribution in [0.3, 0.4) is 0 Å². The van der Waals surface area contributed by atoms with Crippen LogP contribution < -0.4 is 10.1 Å². The molecule has 0 unspecified atom stereocenters. The number of carbonyl (C=O) groups excluding carboxylic acids is 1. The Morgan fingerprint density at radius 2 is 1.93 bits per heavy atom. The predicted molar refractivity (Wildman–Crippen MR) is 101 cm³/mol. The molecule has 1 amide bonds. The normalized spacial score (nSPS) is 18.7. The molecule has 8 nitrogen and oxygen atoms in total. The predicted octanol–water partition coefficient (Wildman–Crippen LogP) is 2.91. The molecule has 28 heavy (non-hydrogen) atoms. The van der Waals surface area contributed by atoms with Gasteiger partial charge in [-0.1, -0.05) is 12.1 Å². The highest BCUT2D eigenvalue weighted by atomic mass is 16.6. The summed E-state index contributed by atoms with van der Waals surface area (Å²) in [6.07, 6.45) is 4.97. The van der Waals surface area contributed by atoms with Gasteiger partial charge in [-0.2, -0.15) is 5.26 Å². The zero-order valence-electron chi connectivity index (χ0n) is 15.2. The topological polar surface area (TPSA) is 118 Å². The van der Waals surface area contributed by atoms with Crippen molar-refractivity contribution in [3.63, 3.8) is 0 Å². The maximum Gasteiger partial charge on any atom is 0.269 e. The molecule has 0 radical (unpaired) electrons. The maximum atomic E-state index is 12.2. The zero-order chi connectivity index (χ0) is 19.9. The lowest BCUT2D eigenvalue weighted by molar-refractivity contribution is -0.384. The van der Waals surface area contributed by atoms with Gasteiger partial charge in [0.1, 0.15) is 12.2 Å². The van der Waals surface area contributed by atoms with E-state index in [1.54, 1.807) is 24.3 Å². The molecule has 2 aromatic rings. The summed E-state index contributed by atoms with van der Waals surface area (Å²) >= 11 is 0. The maximum absolute atomic E-state index is 12.2. The van der Waals surface area contributed by atoms with Crippen LogP contribution >= 0.6 is 0 Å². The number of amides is 1. The van der Waals surface area contributed by atoms with Gasteiger partial charge in [0.2, 0.25) is 11.8 Å². The zero-order valence-corrected chi connectivity index (χ0v) is 15.2. The minimum atomic E-state index is -0.461. The minimum Gasteiger partial charge on any atom is -0.474 e. The van der Waals surface area contributed by atoms with Crippen LogP contribution in [0.25, 0.3) is 0 Å². The molecule has 8 heteroatoms. The van der Waals surface area contributed by atoms with Crippen LogP contribution in [-0.4, -0.2) is 28.0 Å². The fourth-order valence-electron chi connectivity index (χ4n) is 3.21. The Morgan fingerprint density at radius 3 is 2.50 bits per heavy atom. The van der Waals surface area contributed by atoms with E-state index in [0.29, 0.717) is 11.4 Å². The summed E-state index contributed by atoms with van der Waals surface area (Å²) in [5, 5.41) is 22.5. The summed E-state index contributed by atoms with van der Waals surface area (Å²) in [5.41, 5.74) is 1.25. The molecule has 1 aromatic heterocycles. The van der Waals surface area contributed by atoms with Crippen molar-refractivity contribution in [2.24, 2.45) is 0 Å². The van der Waals surface area contributed by atoms with Crippen molar-refractivity contribution >= 4 is 11.6 Å². The number of carbonyl (C=O) groups is 1. The van der Waals surface area contributed by atoms with E-state index in [1.807, 2.05) is 6.07 Å². The third-order valence-electron chi connectivity index (χ3n) is 4.70. The Balaban J connectivity index is 1.42. The van der Waals surface area contributed by atoms with Gasteiger partial charge in [-0.15, -0.1) is 0 Å². The third kappa shape index (κ3) is 5.27. The number of nitro benzene ring substituents is 1. The van der Waals surface area contributed by atoms with Gasteiger partial charge in [0.15, 0.2) is 0 Å². The first-order valence-electron chi connectivity index (χ1n) is 9.09. The molecule has 1 heterocycles. The van der Waals surface area contributed by atoms with Crippen LogP contribution in [0.2, 0.25) is 0 Å². The number of non-ortho nitro benzene ring substituents is 1. The van der Waals surface area contributed by atoms with E-state index in [0.717, 1.165) is 31.2 Å². The smallest absolute Gasteiger partial charge is 0.269 e. The van der Waals surface area contributed by atoms with Gasteiger partial charge in [0.25, 0.3) is 5.69 Å². The highest BCUT2D eigenvalue weighted by Gasteiger charge is 2.24. The van der Waals surface area contributed by atoms with Crippen molar-refractivity contribution in [2.75, 3.05) is 0 Å². The standard InChI is InChI=1S/C20H20N4O4/c21-12-15-3-10-20(22-13-15)28-18-8-4-16(5-9-18)23-19(25)11-14-1-6-17(7-2-14)24(26)27/h1-3,6-7,10,13,16,18H,4-5,8-9,11H2,(H,23,25). The van der Waals surface area contributed by atoms with Gasteiger partial charge < -0.3 is 10.1 Å². The highest BCUT2D eigenvalue weighted by molar-refractivity contribution is 5.78. The average molecular weight is 380 g/mol. The molecule has 0 saturated heterocycles. The van der Waals surface area contributed by atoms with Crippen molar-refractivity contribution in [1.82, 2.24) is 10.3 Å². The van der Waals surface area contributed by atoms with Crippen molar-refractivity contribution in [1.29, 1.82) is 5.26 Å². The Bertz CT molecular complexity index is 867. The number of pyridine rings is 1. The number of nitrogens with one attached hydrogen (secondary N) is 1. The number of nitro groups is 1. The van der Waals surface area contributed by atoms with Gasteiger partial charge in [0, 0.05) is 30.4 Å². The fraction of sp³-hybridized carbons (Fsp3) is 0.350. The molecule has 144 valence electrons. The van der Waals surface area contributed by atoms with Crippen LogP contribution in [0.15, 0.2) is 42.6 Å². The van der Waals surface area contributed by atoms with Gasteiger partial charge in [0.05, 0.1) is 16.9 Å². The first kappa shape index (κ1) is 19.3. The SMILES string of the molecule is N#Cc1ccc(OC2CCC(NC(=O)Cc3ccc([N+](=O)[O-])cc3)CC2)nc1. The molecule has 1 aromatic carbocycles. The number of nitrogens with zero attached hydrogens (tertiary/aromatic N) is 3. The second-order valence-corrected chi connectivity index (χ2v) is 6.76. The Hall–Kier alpha value is -3.47. The van der Waals surface area contributed by atoms with Crippen molar-refractivity contribution in [2.45, 2.75) is 44.2 Å². The summed E-state index contributed by atoms with van der Waals surface area (Å²) in [6, 6.07) is 11.5. The summed E-state index contributed by atoms with van der Waals surface area (Å²) in [6.45, 7) is 0. The Labute approximate surface area is 162 Å². The molecule has 0 aliphatic heterocycles. The summed E-state index contributed by atoms with van der Waals surface area (Å²) in [4.78, 5) is 26.5. The van der Waals surface area contributed by atoms with Gasteiger partial charge >= 0.3 is 0 Å². The van der Waals surface area contributed by atoms with Crippen LogP contribution in [0.1, 0.15) is 36.8 Å².